The molecule has 3 heterocycles. The molecule has 2 saturated heterocycles. The van der Waals surface area contributed by atoms with Crippen molar-refractivity contribution in [3.8, 4) is 5.75 Å². The van der Waals surface area contributed by atoms with E-state index < -0.39 is 4.87 Å². The van der Waals surface area contributed by atoms with Gasteiger partial charge in [0.2, 0.25) is 10.8 Å². The number of amides is 2. The highest BCUT2D eigenvalue weighted by Gasteiger charge is 2.63. The number of morpholine rings is 1. The van der Waals surface area contributed by atoms with Gasteiger partial charge in [-0.15, -0.1) is 11.8 Å². The molecule has 5 rings (SSSR count). The molecule has 2 amide bonds. The molecule has 0 aromatic heterocycles. The molecule has 31 heavy (non-hydrogen) atoms. The summed E-state index contributed by atoms with van der Waals surface area (Å²) < 4.78 is 10.7. The molecule has 2 fully saturated rings. The number of nitrogens with zero attached hydrogens (tertiary/aromatic N) is 3. The number of rotatable bonds is 4. The fourth-order valence-corrected chi connectivity index (χ4v) is 6.08. The number of benzene rings is 2. The van der Waals surface area contributed by atoms with Crippen LogP contribution in [0.2, 0.25) is 0 Å². The molecular formula is C23H25N3O4S. The molecule has 3 aliphatic heterocycles. The number of carbonyl (C=O) groups is 2. The number of hydrogen-bond donors (Lipinski definition) is 0. The molecule has 1 spiro atoms. The van der Waals surface area contributed by atoms with Crippen molar-refractivity contribution < 1.29 is 19.1 Å². The third-order valence-corrected chi connectivity index (χ3v) is 7.57. The molecule has 0 saturated carbocycles. The zero-order chi connectivity index (χ0) is 21.6. The standard InChI is InChI=1S/C23H25N3O4S/c1-16-21(27)26(17-7-9-18(29-2)10-8-17)23(31-16)19-5-3-4-6-20(19)25(22(23)28)15-24-11-13-30-14-12-24/h3-10,16H,11-15H2,1-2H3. The number of carbonyl (C=O) groups excluding carboxylic acids is 2. The second-order valence-corrected chi connectivity index (χ2v) is 9.43. The third kappa shape index (κ3) is 3.12. The van der Waals surface area contributed by atoms with E-state index in [0.29, 0.717) is 31.3 Å². The number of ether oxygens (including phenoxy) is 2. The summed E-state index contributed by atoms with van der Waals surface area (Å²) in [5.41, 5.74) is 2.43. The van der Waals surface area contributed by atoms with Crippen molar-refractivity contribution in [1.29, 1.82) is 0 Å². The lowest BCUT2D eigenvalue weighted by atomic mass is 10.0. The van der Waals surface area contributed by atoms with Crippen LogP contribution >= 0.6 is 11.8 Å². The molecule has 0 aliphatic carbocycles. The quantitative estimate of drug-likeness (QED) is 0.730. The number of anilines is 2. The molecule has 3 aliphatic rings. The minimum atomic E-state index is -1.10. The lowest BCUT2D eigenvalue weighted by molar-refractivity contribution is -0.124. The third-order valence-electron chi connectivity index (χ3n) is 6.10. The van der Waals surface area contributed by atoms with Gasteiger partial charge in [-0.2, -0.15) is 0 Å². The van der Waals surface area contributed by atoms with Crippen LogP contribution in [0.3, 0.4) is 0 Å². The summed E-state index contributed by atoms with van der Waals surface area (Å²) in [6, 6.07) is 15.2. The summed E-state index contributed by atoms with van der Waals surface area (Å²) in [6.45, 7) is 5.25. The van der Waals surface area contributed by atoms with Crippen molar-refractivity contribution in [2.75, 3.05) is 49.9 Å². The van der Waals surface area contributed by atoms with Gasteiger partial charge in [0.25, 0.3) is 5.91 Å². The normalized spacial score (nSPS) is 26.1. The van der Waals surface area contributed by atoms with Gasteiger partial charge in [-0.05, 0) is 37.3 Å². The highest BCUT2D eigenvalue weighted by molar-refractivity contribution is 8.03. The Hall–Kier alpha value is -2.55. The fraction of sp³-hybridized carbons (Fsp3) is 0.391. The Kier molecular flexibility index (Phi) is 5.16. The predicted octanol–water partition coefficient (Wildman–Crippen LogP) is 2.65. The van der Waals surface area contributed by atoms with Crippen LogP contribution in [-0.4, -0.2) is 62.0 Å². The molecule has 0 bridgehead atoms. The number of thioether (sulfide) groups is 1. The first-order valence-electron chi connectivity index (χ1n) is 10.4. The van der Waals surface area contributed by atoms with Crippen LogP contribution in [0.25, 0.3) is 0 Å². The van der Waals surface area contributed by atoms with E-state index in [1.165, 1.54) is 11.8 Å². The zero-order valence-corrected chi connectivity index (χ0v) is 18.4. The van der Waals surface area contributed by atoms with Gasteiger partial charge in [-0.1, -0.05) is 18.2 Å². The monoisotopic (exact) mass is 439 g/mol. The van der Waals surface area contributed by atoms with Crippen molar-refractivity contribution in [3.63, 3.8) is 0 Å². The summed E-state index contributed by atoms with van der Waals surface area (Å²) in [6.07, 6.45) is 0. The van der Waals surface area contributed by atoms with Gasteiger partial charge in [0, 0.05) is 24.3 Å². The summed E-state index contributed by atoms with van der Waals surface area (Å²) in [7, 11) is 1.61. The molecule has 162 valence electrons. The van der Waals surface area contributed by atoms with Gasteiger partial charge in [-0.3, -0.25) is 24.3 Å². The molecular weight excluding hydrogens is 414 g/mol. The lowest BCUT2D eigenvalue weighted by Crippen LogP contribution is -2.52. The molecule has 0 N–H and O–H groups in total. The van der Waals surface area contributed by atoms with Crippen LogP contribution in [0.5, 0.6) is 5.75 Å². The molecule has 0 radical (unpaired) electrons. The summed E-state index contributed by atoms with van der Waals surface area (Å²) >= 11 is 1.42. The summed E-state index contributed by atoms with van der Waals surface area (Å²) in [4.78, 5) is 32.1. The number of fused-ring (bicyclic) bond motifs is 2. The van der Waals surface area contributed by atoms with Crippen LogP contribution in [0, 0.1) is 0 Å². The maximum Gasteiger partial charge on any atom is 0.269 e. The molecule has 2 aromatic carbocycles. The minimum absolute atomic E-state index is 0.0634. The van der Waals surface area contributed by atoms with E-state index in [-0.39, 0.29) is 17.1 Å². The molecule has 7 nitrogen and oxygen atoms in total. The van der Waals surface area contributed by atoms with Crippen LogP contribution < -0.4 is 14.5 Å². The molecule has 2 atom stereocenters. The molecule has 2 unspecified atom stereocenters. The average molecular weight is 440 g/mol. The van der Waals surface area contributed by atoms with Crippen LogP contribution in [0.1, 0.15) is 12.5 Å². The first kappa shape index (κ1) is 20.4. The van der Waals surface area contributed by atoms with Gasteiger partial charge in [-0.25, -0.2) is 0 Å². The molecule has 2 aromatic rings. The Bertz CT molecular complexity index is 1010. The van der Waals surface area contributed by atoms with Gasteiger partial charge in [0.05, 0.1) is 37.9 Å². The van der Waals surface area contributed by atoms with Crippen molar-refractivity contribution in [2.45, 2.75) is 17.0 Å². The smallest absolute Gasteiger partial charge is 0.269 e. The maximum absolute atomic E-state index is 14.1. The highest BCUT2D eigenvalue weighted by atomic mass is 32.2. The first-order chi connectivity index (χ1) is 15.1. The van der Waals surface area contributed by atoms with E-state index in [2.05, 4.69) is 4.90 Å². The summed E-state index contributed by atoms with van der Waals surface area (Å²) in [5.74, 6) is 0.572. The van der Waals surface area contributed by atoms with Crippen molar-refractivity contribution >= 4 is 35.0 Å². The van der Waals surface area contributed by atoms with Gasteiger partial charge < -0.3 is 9.47 Å². The number of hydrogen-bond acceptors (Lipinski definition) is 6. The van der Waals surface area contributed by atoms with E-state index in [9.17, 15) is 9.59 Å². The topological polar surface area (TPSA) is 62.3 Å². The van der Waals surface area contributed by atoms with Crippen molar-refractivity contribution in [3.05, 3.63) is 54.1 Å². The lowest BCUT2D eigenvalue weighted by Gasteiger charge is -2.35. The Morgan fingerprint density at radius 2 is 1.81 bits per heavy atom. The average Bonchev–Trinajstić information content (AvgIpc) is 3.20. The maximum atomic E-state index is 14.1. The van der Waals surface area contributed by atoms with Gasteiger partial charge in [0.15, 0.2) is 0 Å². The number of methoxy groups -OCH3 is 1. The molecule has 8 heteroatoms. The van der Waals surface area contributed by atoms with Gasteiger partial charge >= 0.3 is 0 Å². The summed E-state index contributed by atoms with van der Waals surface area (Å²) in [5, 5.41) is -0.331. The SMILES string of the molecule is COc1ccc(N2C(=O)C(C)SC23C(=O)N(CN2CCOCC2)c2ccccc23)cc1. The fourth-order valence-electron chi connectivity index (χ4n) is 4.55. The predicted molar refractivity (Wildman–Crippen MR) is 120 cm³/mol. The number of para-hydroxylation sites is 1. The van der Waals surface area contributed by atoms with Crippen LogP contribution in [0.4, 0.5) is 11.4 Å². The first-order valence-corrected chi connectivity index (χ1v) is 11.3. The van der Waals surface area contributed by atoms with E-state index in [1.807, 2.05) is 60.4 Å². The van der Waals surface area contributed by atoms with E-state index in [1.54, 1.807) is 12.0 Å². The second kappa shape index (κ2) is 7.85. The van der Waals surface area contributed by atoms with Crippen LogP contribution in [-0.2, 0) is 19.2 Å². The highest BCUT2D eigenvalue weighted by Crippen LogP contribution is 2.57. The van der Waals surface area contributed by atoms with Crippen molar-refractivity contribution in [1.82, 2.24) is 4.90 Å². The van der Waals surface area contributed by atoms with Gasteiger partial charge in [0.1, 0.15) is 5.75 Å². The minimum Gasteiger partial charge on any atom is -0.497 e. The van der Waals surface area contributed by atoms with E-state index in [0.717, 1.165) is 24.3 Å². The zero-order valence-electron chi connectivity index (χ0n) is 17.6. The Labute approximate surface area is 185 Å². The van der Waals surface area contributed by atoms with Crippen molar-refractivity contribution in [2.24, 2.45) is 0 Å². The van der Waals surface area contributed by atoms with Crippen LogP contribution in [0.15, 0.2) is 48.5 Å². The Morgan fingerprint density at radius 1 is 1.10 bits per heavy atom. The Morgan fingerprint density at radius 3 is 2.52 bits per heavy atom. The van der Waals surface area contributed by atoms with E-state index in [4.69, 9.17) is 9.47 Å². The van der Waals surface area contributed by atoms with E-state index >= 15 is 0 Å². The largest absolute Gasteiger partial charge is 0.497 e. The Balaban J connectivity index is 1.60. The second-order valence-electron chi connectivity index (χ2n) is 7.90.